The van der Waals surface area contributed by atoms with Gasteiger partial charge in [-0.25, -0.2) is 13.4 Å². The molecule has 0 N–H and O–H groups in total. The van der Waals surface area contributed by atoms with Gasteiger partial charge < -0.3 is 14.1 Å². The van der Waals surface area contributed by atoms with Gasteiger partial charge in [0.25, 0.3) is 0 Å². The molecule has 1 aliphatic heterocycles. The van der Waals surface area contributed by atoms with Crippen LogP contribution in [-0.2, 0) is 14.6 Å². The van der Waals surface area contributed by atoms with E-state index in [2.05, 4.69) is 11.0 Å². The Bertz CT molecular complexity index is 1550. The standard InChI is InChI=1S/C32H35N3O5S/c1-39-25-12-8-23(9-13-25)31-34-29(22-6-10-24(11-7-22)35-16-18-41(37,38)19-17-35)30(40-31)27-5-3-2-4-26(27)28(36)20-32(21-33)14-15-32/h6-13,26-27H,2-5,14-20H2,1H3/t26-,27-/m1/s1. The van der Waals surface area contributed by atoms with Crippen molar-refractivity contribution in [2.45, 2.75) is 50.9 Å². The van der Waals surface area contributed by atoms with Gasteiger partial charge in [0.15, 0.2) is 9.84 Å². The second-order valence-corrected chi connectivity index (χ2v) is 14.0. The summed E-state index contributed by atoms with van der Waals surface area (Å²) in [5, 5.41) is 9.62. The molecule has 3 aromatic rings. The zero-order valence-corrected chi connectivity index (χ0v) is 24.2. The van der Waals surface area contributed by atoms with Crippen LogP contribution in [0.3, 0.4) is 0 Å². The number of anilines is 1. The number of nitriles is 1. The van der Waals surface area contributed by atoms with Gasteiger partial charge in [0.2, 0.25) is 5.89 Å². The minimum atomic E-state index is -2.96. The summed E-state index contributed by atoms with van der Waals surface area (Å²) in [7, 11) is -1.33. The highest BCUT2D eigenvalue weighted by Gasteiger charge is 2.47. The number of benzene rings is 2. The van der Waals surface area contributed by atoms with Crippen LogP contribution in [0.4, 0.5) is 5.69 Å². The zero-order chi connectivity index (χ0) is 28.6. The monoisotopic (exact) mass is 573 g/mol. The zero-order valence-electron chi connectivity index (χ0n) is 23.3. The van der Waals surface area contributed by atoms with Crippen LogP contribution in [-0.4, -0.2) is 50.9 Å². The topological polar surface area (TPSA) is 113 Å². The molecule has 2 saturated carbocycles. The van der Waals surface area contributed by atoms with Crippen LogP contribution in [0.5, 0.6) is 5.75 Å². The van der Waals surface area contributed by atoms with E-state index in [0.29, 0.717) is 25.4 Å². The lowest BCUT2D eigenvalue weighted by atomic mass is 9.73. The maximum absolute atomic E-state index is 13.6. The molecular weight excluding hydrogens is 538 g/mol. The Morgan fingerprint density at radius 1 is 1.05 bits per heavy atom. The van der Waals surface area contributed by atoms with Crippen LogP contribution in [0.1, 0.15) is 56.6 Å². The molecule has 0 radical (unpaired) electrons. The Morgan fingerprint density at radius 2 is 1.71 bits per heavy atom. The number of rotatable bonds is 8. The van der Waals surface area contributed by atoms with E-state index >= 15 is 0 Å². The van der Waals surface area contributed by atoms with E-state index in [0.717, 1.165) is 72.5 Å². The molecule has 2 atom stereocenters. The number of hydrogen-bond donors (Lipinski definition) is 0. The number of ether oxygens (including phenoxy) is 1. The molecule has 9 heteroatoms. The minimum absolute atomic E-state index is 0.104. The number of carbonyl (C=O) groups excluding carboxylic acids is 1. The summed E-state index contributed by atoms with van der Waals surface area (Å²) >= 11 is 0. The lowest BCUT2D eigenvalue weighted by molar-refractivity contribution is -0.125. The number of hydrogen-bond acceptors (Lipinski definition) is 8. The van der Waals surface area contributed by atoms with E-state index < -0.39 is 15.3 Å². The third-order valence-corrected chi connectivity index (χ3v) is 10.6. The molecular formula is C32H35N3O5S. The molecule has 2 aliphatic carbocycles. The van der Waals surface area contributed by atoms with Gasteiger partial charge in [0.05, 0.1) is 30.1 Å². The molecule has 0 unspecified atom stereocenters. The number of nitrogens with zero attached hydrogens (tertiary/aromatic N) is 3. The Hall–Kier alpha value is -3.64. The summed E-state index contributed by atoms with van der Waals surface area (Å²) in [6.45, 7) is 0.961. The molecule has 3 aliphatic rings. The van der Waals surface area contributed by atoms with Crippen LogP contribution < -0.4 is 9.64 Å². The molecule has 0 amide bonds. The predicted molar refractivity (Wildman–Crippen MR) is 156 cm³/mol. The van der Waals surface area contributed by atoms with E-state index in [4.69, 9.17) is 14.1 Å². The van der Waals surface area contributed by atoms with Gasteiger partial charge in [-0.2, -0.15) is 5.26 Å². The van der Waals surface area contributed by atoms with Crippen molar-refractivity contribution < 1.29 is 22.4 Å². The van der Waals surface area contributed by atoms with Crippen molar-refractivity contribution in [2.24, 2.45) is 11.3 Å². The molecule has 0 spiro atoms. The molecule has 1 saturated heterocycles. The maximum atomic E-state index is 13.6. The van der Waals surface area contributed by atoms with Crippen molar-refractivity contribution in [1.82, 2.24) is 4.98 Å². The SMILES string of the molecule is COc1ccc(-c2nc(-c3ccc(N4CCS(=O)(=O)CC4)cc3)c([C@@H]3CCCC[C@H]3C(=O)CC3(C#N)CC3)o2)cc1. The lowest BCUT2D eigenvalue weighted by Gasteiger charge is -2.30. The summed E-state index contributed by atoms with van der Waals surface area (Å²) in [5.74, 6) is 2.16. The van der Waals surface area contributed by atoms with E-state index in [1.54, 1.807) is 7.11 Å². The summed E-state index contributed by atoms with van der Waals surface area (Å²) in [6, 6.07) is 18.0. The molecule has 214 valence electrons. The highest BCUT2D eigenvalue weighted by Crippen LogP contribution is 2.51. The van der Waals surface area contributed by atoms with Crippen molar-refractivity contribution in [1.29, 1.82) is 5.26 Å². The average Bonchev–Trinajstić information content (AvgIpc) is 3.63. The third kappa shape index (κ3) is 5.76. The molecule has 2 aromatic carbocycles. The van der Waals surface area contributed by atoms with Crippen molar-refractivity contribution >= 4 is 21.3 Å². The first kappa shape index (κ1) is 27.5. The second kappa shape index (κ2) is 11.0. The number of Topliss-reactive ketones (excluding diaryl/α,β-unsaturated/α-hetero) is 1. The van der Waals surface area contributed by atoms with Gasteiger partial charge in [-0.3, -0.25) is 4.79 Å². The maximum Gasteiger partial charge on any atom is 0.226 e. The first-order valence-electron chi connectivity index (χ1n) is 14.4. The van der Waals surface area contributed by atoms with Gasteiger partial charge in [0, 0.05) is 48.2 Å². The third-order valence-electron chi connectivity index (χ3n) is 8.96. The van der Waals surface area contributed by atoms with Crippen LogP contribution in [0.25, 0.3) is 22.7 Å². The van der Waals surface area contributed by atoms with Crippen LogP contribution in [0.15, 0.2) is 52.9 Å². The number of ketones is 1. The first-order chi connectivity index (χ1) is 19.8. The Morgan fingerprint density at radius 3 is 2.34 bits per heavy atom. The van der Waals surface area contributed by atoms with Crippen molar-refractivity contribution in [3.63, 3.8) is 0 Å². The lowest BCUT2D eigenvalue weighted by Crippen LogP contribution is -2.40. The van der Waals surface area contributed by atoms with Crippen LogP contribution in [0, 0.1) is 22.7 Å². The highest BCUT2D eigenvalue weighted by atomic mass is 32.2. The smallest absolute Gasteiger partial charge is 0.226 e. The Balaban J connectivity index is 1.35. The second-order valence-electron chi connectivity index (χ2n) is 11.7. The van der Waals surface area contributed by atoms with Gasteiger partial charge in [-0.1, -0.05) is 25.0 Å². The normalized spacial score (nSPS) is 23.0. The number of methoxy groups -OCH3 is 1. The van der Waals surface area contributed by atoms with E-state index in [1.807, 2.05) is 48.5 Å². The fourth-order valence-corrected chi connectivity index (χ4v) is 7.42. The van der Waals surface area contributed by atoms with Gasteiger partial charge >= 0.3 is 0 Å². The summed E-state index contributed by atoms with van der Waals surface area (Å²) in [6.07, 6.45) is 5.54. The molecule has 6 rings (SSSR count). The van der Waals surface area contributed by atoms with Crippen molar-refractivity contribution in [3.8, 4) is 34.5 Å². The largest absolute Gasteiger partial charge is 0.497 e. The Labute approximate surface area is 241 Å². The average molecular weight is 574 g/mol. The van der Waals surface area contributed by atoms with Crippen molar-refractivity contribution in [3.05, 3.63) is 54.3 Å². The summed E-state index contributed by atoms with van der Waals surface area (Å²) < 4.78 is 35.6. The predicted octanol–water partition coefficient (Wildman–Crippen LogP) is 5.79. The van der Waals surface area contributed by atoms with Crippen LogP contribution in [0.2, 0.25) is 0 Å². The molecule has 41 heavy (non-hydrogen) atoms. The number of aromatic nitrogens is 1. The summed E-state index contributed by atoms with van der Waals surface area (Å²) in [5.41, 5.74) is 2.95. The highest BCUT2D eigenvalue weighted by molar-refractivity contribution is 7.91. The quantitative estimate of drug-likeness (QED) is 0.333. The van der Waals surface area contributed by atoms with Crippen molar-refractivity contribution in [2.75, 3.05) is 36.6 Å². The fourth-order valence-electron chi connectivity index (χ4n) is 6.22. The minimum Gasteiger partial charge on any atom is -0.497 e. The Kier molecular flexibility index (Phi) is 7.37. The van der Waals surface area contributed by atoms with E-state index in [9.17, 15) is 18.5 Å². The van der Waals surface area contributed by atoms with Gasteiger partial charge in [0.1, 0.15) is 23.0 Å². The molecule has 3 fully saturated rings. The fraction of sp³-hybridized carbons (Fsp3) is 0.469. The van der Waals surface area contributed by atoms with Crippen LogP contribution >= 0.6 is 0 Å². The van der Waals surface area contributed by atoms with E-state index in [1.165, 1.54) is 0 Å². The number of carbonyl (C=O) groups is 1. The molecule has 2 heterocycles. The number of oxazole rings is 1. The summed E-state index contributed by atoms with van der Waals surface area (Å²) in [4.78, 5) is 20.7. The molecule has 1 aromatic heterocycles. The van der Waals surface area contributed by atoms with E-state index in [-0.39, 0.29) is 29.1 Å². The molecule has 8 nitrogen and oxygen atoms in total. The first-order valence-corrected chi connectivity index (χ1v) is 16.3. The number of sulfone groups is 1. The van der Waals surface area contributed by atoms with Gasteiger partial charge in [-0.15, -0.1) is 0 Å². The molecule has 0 bridgehead atoms. The van der Waals surface area contributed by atoms with Gasteiger partial charge in [-0.05, 0) is 62.1 Å².